The van der Waals surface area contributed by atoms with Crippen molar-refractivity contribution in [3.05, 3.63) is 57.9 Å². The van der Waals surface area contributed by atoms with E-state index in [2.05, 4.69) is 36.2 Å². The number of rotatable bonds is 6. The van der Waals surface area contributed by atoms with E-state index in [4.69, 9.17) is 0 Å². The van der Waals surface area contributed by atoms with E-state index in [9.17, 15) is 9.59 Å². The molecule has 1 fully saturated rings. The number of carbonyl (C=O) groups excluding carboxylic acids is 2. The molecule has 2 heterocycles. The van der Waals surface area contributed by atoms with Crippen LogP contribution >= 0.6 is 0 Å². The Morgan fingerprint density at radius 3 is 2.30 bits per heavy atom. The second-order valence-corrected chi connectivity index (χ2v) is 7.95. The first-order chi connectivity index (χ1) is 12.8. The summed E-state index contributed by atoms with van der Waals surface area (Å²) in [5, 5.41) is 0. The zero-order chi connectivity index (χ0) is 19.6. The molecule has 2 aromatic rings. The second-order valence-electron chi connectivity index (χ2n) is 7.95. The molecule has 1 aromatic carbocycles. The third-order valence-corrected chi connectivity index (χ3v) is 5.68. The Morgan fingerprint density at radius 2 is 1.70 bits per heavy atom. The number of piperazine rings is 1. The first kappa shape index (κ1) is 19.5. The number of aromatic nitrogens is 1. The zero-order valence-electron chi connectivity index (χ0n) is 16.9. The third kappa shape index (κ3) is 4.54. The number of quaternary nitrogens is 2. The van der Waals surface area contributed by atoms with Crippen LogP contribution in [-0.2, 0) is 6.54 Å². The normalized spacial score (nSPS) is 19.9. The van der Waals surface area contributed by atoms with E-state index in [0.29, 0.717) is 17.8 Å². The average Bonchev–Trinajstić information content (AvgIpc) is 2.91. The van der Waals surface area contributed by atoms with Crippen molar-refractivity contribution in [3.63, 3.8) is 0 Å². The van der Waals surface area contributed by atoms with Gasteiger partial charge in [0.15, 0.2) is 5.78 Å². The molecule has 1 aliphatic heterocycles. The van der Waals surface area contributed by atoms with E-state index in [-0.39, 0.29) is 11.6 Å². The van der Waals surface area contributed by atoms with Gasteiger partial charge >= 0.3 is 0 Å². The van der Waals surface area contributed by atoms with Gasteiger partial charge in [-0.1, -0.05) is 29.8 Å². The van der Waals surface area contributed by atoms with Crippen LogP contribution in [0.5, 0.6) is 0 Å². The predicted octanol–water partition coefficient (Wildman–Crippen LogP) is 0.309. The maximum absolute atomic E-state index is 12.8. The van der Waals surface area contributed by atoms with Crippen LogP contribution in [0.4, 0.5) is 0 Å². The van der Waals surface area contributed by atoms with Gasteiger partial charge in [-0.05, 0) is 33.3 Å². The van der Waals surface area contributed by atoms with Crippen LogP contribution in [0, 0.1) is 20.8 Å². The molecule has 144 valence electrons. The summed E-state index contributed by atoms with van der Waals surface area (Å²) in [6.07, 6.45) is 0. The number of Topliss-reactive ketones (excluding diaryl/α,β-unsaturated/α-hetero) is 2. The van der Waals surface area contributed by atoms with Crippen molar-refractivity contribution < 1.29 is 19.4 Å². The molecule has 1 aromatic heterocycles. The SMILES string of the molecule is CC(=O)c1c(C)[nH]c(C(=O)C[NH+]2CC[NH+](Cc3cccc(C)c3)CC2)c1C. The maximum atomic E-state index is 12.8. The molecule has 3 N–H and O–H groups in total. The van der Waals surface area contributed by atoms with Gasteiger partial charge in [-0.25, -0.2) is 0 Å². The molecule has 1 saturated heterocycles. The van der Waals surface area contributed by atoms with Crippen LogP contribution in [0.2, 0.25) is 0 Å². The summed E-state index contributed by atoms with van der Waals surface area (Å²) in [6.45, 7) is 13.1. The highest BCUT2D eigenvalue weighted by molar-refractivity contribution is 6.03. The highest BCUT2D eigenvalue weighted by Crippen LogP contribution is 2.18. The minimum Gasteiger partial charge on any atom is -0.355 e. The van der Waals surface area contributed by atoms with E-state index in [1.54, 1.807) is 11.8 Å². The molecule has 0 saturated carbocycles. The molecule has 0 spiro atoms. The minimum absolute atomic E-state index is 0.0148. The lowest BCUT2D eigenvalue weighted by atomic mass is 10.1. The third-order valence-electron chi connectivity index (χ3n) is 5.68. The molecule has 0 bridgehead atoms. The summed E-state index contributed by atoms with van der Waals surface area (Å²) in [5.74, 6) is 0.126. The summed E-state index contributed by atoms with van der Waals surface area (Å²) in [5.41, 5.74) is 5.57. The van der Waals surface area contributed by atoms with Gasteiger partial charge in [0.25, 0.3) is 0 Å². The van der Waals surface area contributed by atoms with Gasteiger partial charge in [-0.3, -0.25) is 9.59 Å². The molecule has 1 aliphatic rings. The Hall–Kier alpha value is -2.24. The summed E-state index contributed by atoms with van der Waals surface area (Å²) in [6, 6.07) is 8.72. The Bertz CT molecular complexity index is 845. The van der Waals surface area contributed by atoms with Crippen LogP contribution < -0.4 is 9.80 Å². The van der Waals surface area contributed by atoms with Gasteiger partial charge < -0.3 is 14.8 Å². The fourth-order valence-corrected chi connectivity index (χ4v) is 4.29. The Morgan fingerprint density at radius 1 is 1.04 bits per heavy atom. The van der Waals surface area contributed by atoms with E-state index in [0.717, 1.165) is 44.0 Å². The molecule has 0 unspecified atom stereocenters. The molecule has 0 radical (unpaired) electrons. The average molecular weight is 370 g/mol. The molecule has 5 heteroatoms. The number of ketones is 2. The highest BCUT2D eigenvalue weighted by atomic mass is 16.1. The fraction of sp³-hybridized carbons (Fsp3) is 0.455. The van der Waals surface area contributed by atoms with E-state index in [1.807, 2.05) is 13.8 Å². The molecule has 3 rings (SSSR count). The highest BCUT2D eigenvalue weighted by Gasteiger charge is 2.27. The van der Waals surface area contributed by atoms with E-state index in [1.165, 1.54) is 16.0 Å². The van der Waals surface area contributed by atoms with E-state index >= 15 is 0 Å². The number of nitrogens with one attached hydrogen (secondary N) is 3. The van der Waals surface area contributed by atoms with Crippen molar-refractivity contribution in [2.75, 3.05) is 32.7 Å². The Balaban J connectivity index is 1.55. The molecular weight excluding hydrogens is 338 g/mol. The van der Waals surface area contributed by atoms with Gasteiger partial charge in [0.2, 0.25) is 5.78 Å². The van der Waals surface area contributed by atoms with Crippen LogP contribution in [-0.4, -0.2) is 49.3 Å². The van der Waals surface area contributed by atoms with Gasteiger partial charge in [0, 0.05) is 16.8 Å². The van der Waals surface area contributed by atoms with Gasteiger partial charge in [0.05, 0.1) is 5.69 Å². The van der Waals surface area contributed by atoms with Gasteiger partial charge in [-0.15, -0.1) is 0 Å². The standard InChI is InChI=1S/C22H29N3O2/c1-15-6-5-7-19(12-15)13-24-8-10-25(11-9-24)14-20(27)22-16(2)21(18(4)26)17(3)23-22/h5-7,12,23H,8-11,13-14H2,1-4H3/p+2. The Labute approximate surface area is 161 Å². The second kappa shape index (κ2) is 8.19. The summed E-state index contributed by atoms with van der Waals surface area (Å²) >= 11 is 0. The molecule has 5 nitrogen and oxygen atoms in total. The topological polar surface area (TPSA) is 58.8 Å². The quantitative estimate of drug-likeness (QED) is 0.642. The van der Waals surface area contributed by atoms with Crippen molar-refractivity contribution in [1.29, 1.82) is 0 Å². The molecule has 0 aliphatic carbocycles. The first-order valence-corrected chi connectivity index (χ1v) is 9.81. The summed E-state index contributed by atoms with van der Waals surface area (Å²) < 4.78 is 0. The van der Waals surface area contributed by atoms with Gasteiger partial charge in [0.1, 0.15) is 39.3 Å². The number of aromatic amines is 1. The molecule has 27 heavy (non-hydrogen) atoms. The maximum Gasteiger partial charge on any atom is 0.233 e. The summed E-state index contributed by atoms with van der Waals surface area (Å²) in [4.78, 5) is 30.6. The number of carbonyl (C=O) groups is 2. The van der Waals surface area contributed by atoms with Crippen molar-refractivity contribution in [3.8, 4) is 0 Å². The fourth-order valence-electron chi connectivity index (χ4n) is 4.29. The van der Waals surface area contributed by atoms with E-state index < -0.39 is 0 Å². The number of hydrogen-bond acceptors (Lipinski definition) is 2. The largest absolute Gasteiger partial charge is 0.355 e. The minimum atomic E-state index is 0.0148. The monoisotopic (exact) mass is 369 g/mol. The lowest BCUT2D eigenvalue weighted by Gasteiger charge is -2.29. The lowest BCUT2D eigenvalue weighted by molar-refractivity contribution is -1.01. The van der Waals surface area contributed by atoms with Crippen LogP contribution in [0.25, 0.3) is 0 Å². The predicted molar refractivity (Wildman–Crippen MR) is 106 cm³/mol. The molecule has 0 amide bonds. The number of hydrogen-bond donors (Lipinski definition) is 3. The number of benzene rings is 1. The van der Waals surface area contributed by atoms with Crippen molar-refractivity contribution >= 4 is 11.6 Å². The summed E-state index contributed by atoms with van der Waals surface area (Å²) in [7, 11) is 0. The van der Waals surface area contributed by atoms with Crippen LogP contribution in [0.1, 0.15) is 50.2 Å². The first-order valence-electron chi connectivity index (χ1n) is 9.81. The molecule has 0 atom stereocenters. The van der Waals surface area contributed by atoms with Crippen molar-refractivity contribution in [2.24, 2.45) is 0 Å². The smallest absolute Gasteiger partial charge is 0.233 e. The van der Waals surface area contributed by atoms with Gasteiger partial charge in [-0.2, -0.15) is 0 Å². The van der Waals surface area contributed by atoms with Crippen molar-refractivity contribution in [1.82, 2.24) is 4.98 Å². The van der Waals surface area contributed by atoms with Crippen LogP contribution in [0.15, 0.2) is 24.3 Å². The Kier molecular flexibility index (Phi) is 5.92. The molecular formula is C22H31N3O2+2. The zero-order valence-corrected chi connectivity index (χ0v) is 16.9. The van der Waals surface area contributed by atoms with Crippen LogP contribution in [0.3, 0.4) is 0 Å². The number of aryl methyl sites for hydroxylation is 2. The van der Waals surface area contributed by atoms with Crippen molar-refractivity contribution in [2.45, 2.75) is 34.2 Å². The lowest BCUT2D eigenvalue weighted by Crippen LogP contribution is -3.27. The number of H-pyrrole nitrogens is 1.